The number of hydrogen-bond acceptors (Lipinski definition) is 4. The van der Waals surface area contributed by atoms with Gasteiger partial charge in [-0.15, -0.1) is 0 Å². The molecule has 0 aromatic carbocycles. The van der Waals surface area contributed by atoms with Gasteiger partial charge in [0.25, 0.3) is 0 Å². The Hall–Kier alpha value is -0.176. The van der Waals surface area contributed by atoms with Gasteiger partial charge in [-0.25, -0.2) is 0 Å². The zero-order valence-electron chi connectivity index (χ0n) is 13.7. The molecule has 4 nitrogen and oxygen atoms in total. The van der Waals surface area contributed by atoms with Crippen LogP contribution in [0.25, 0.3) is 0 Å². The maximum absolute atomic E-state index is 11.7. The molecule has 0 aromatic heterocycles. The van der Waals surface area contributed by atoms with Gasteiger partial charge in [-0.3, -0.25) is 4.79 Å². The van der Waals surface area contributed by atoms with Crippen LogP contribution in [0.4, 0.5) is 0 Å². The van der Waals surface area contributed by atoms with Crippen molar-refractivity contribution in [3.05, 3.63) is 0 Å². The lowest BCUT2D eigenvalue weighted by atomic mass is 10.2. The molecular formula is C13H30O4Si2. The summed E-state index contributed by atoms with van der Waals surface area (Å²) in [5.41, 5.74) is 0. The predicted octanol–water partition coefficient (Wildman–Crippen LogP) is 3.26. The Kier molecular flexibility index (Phi) is 7.49. The number of rotatable bonds is 8. The molecule has 19 heavy (non-hydrogen) atoms. The van der Waals surface area contributed by atoms with Crippen molar-refractivity contribution in [2.75, 3.05) is 13.2 Å². The van der Waals surface area contributed by atoms with Crippen LogP contribution in [0, 0.1) is 5.92 Å². The van der Waals surface area contributed by atoms with Crippen molar-refractivity contribution in [1.82, 2.24) is 0 Å². The van der Waals surface area contributed by atoms with Crippen molar-refractivity contribution >= 4 is 22.6 Å². The Morgan fingerprint density at radius 1 is 0.895 bits per heavy atom. The highest BCUT2D eigenvalue weighted by Crippen LogP contribution is 2.10. The summed E-state index contributed by atoms with van der Waals surface area (Å²) in [6, 6.07) is 0. The van der Waals surface area contributed by atoms with Crippen LogP contribution in [-0.4, -0.2) is 41.9 Å². The lowest BCUT2D eigenvalue weighted by Crippen LogP contribution is -2.39. The smallest absolute Gasteiger partial charge is 0.308 e. The lowest BCUT2D eigenvalue weighted by Gasteiger charge is -2.26. The maximum Gasteiger partial charge on any atom is 0.308 e. The fourth-order valence-corrected chi connectivity index (χ4v) is 2.47. The van der Waals surface area contributed by atoms with Crippen LogP contribution in [0.1, 0.15) is 13.8 Å². The monoisotopic (exact) mass is 306 g/mol. The molecule has 0 saturated carbocycles. The van der Waals surface area contributed by atoms with Gasteiger partial charge in [-0.1, -0.05) is 13.8 Å². The first-order valence-corrected chi connectivity index (χ1v) is 13.7. The highest BCUT2D eigenvalue weighted by atomic mass is 28.4. The van der Waals surface area contributed by atoms with Crippen LogP contribution in [0.2, 0.25) is 39.3 Å². The summed E-state index contributed by atoms with van der Waals surface area (Å²) in [5.74, 6) is -0.315. The molecule has 0 N–H and O–H groups in total. The number of hydrogen-bond donors (Lipinski definition) is 0. The standard InChI is InChI=1S/C13H30O4Si2/c1-11(2)13(14)17-12(9-15-18(3,4)5)10-16-19(6,7)8/h11-12H,9-10H2,1-8H3. The van der Waals surface area contributed by atoms with E-state index < -0.39 is 16.6 Å². The Bertz CT molecular complexity index is 261. The highest BCUT2D eigenvalue weighted by molar-refractivity contribution is 6.70. The second-order valence-electron chi connectivity index (χ2n) is 7.06. The van der Waals surface area contributed by atoms with Crippen molar-refractivity contribution in [2.24, 2.45) is 5.92 Å². The number of esters is 1. The van der Waals surface area contributed by atoms with Crippen molar-refractivity contribution in [3.63, 3.8) is 0 Å². The third-order valence-corrected chi connectivity index (χ3v) is 4.22. The van der Waals surface area contributed by atoms with Crippen LogP contribution >= 0.6 is 0 Å². The van der Waals surface area contributed by atoms with Crippen LogP contribution in [0.3, 0.4) is 0 Å². The fraction of sp³-hybridized carbons (Fsp3) is 0.923. The summed E-state index contributed by atoms with van der Waals surface area (Å²) < 4.78 is 17.1. The molecule has 6 heteroatoms. The van der Waals surface area contributed by atoms with Crippen LogP contribution < -0.4 is 0 Å². The minimum Gasteiger partial charge on any atom is -0.457 e. The average Bonchev–Trinajstić information content (AvgIpc) is 2.19. The topological polar surface area (TPSA) is 44.8 Å². The van der Waals surface area contributed by atoms with E-state index in [1.807, 2.05) is 13.8 Å². The van der Waals surface area contributed by atoms with E-state index in [1.165, 1.54) is 0 Å². The molecule has 0 spiro atoms. The van der Waals surface area contributed by atoms with Crippen molar-refractivity contribution in [1.29, 1.82) is 0 Å². The number of carbonyl (C=O) groups is 1. The molecule has 0 radical (unpaired) electrons. The van der Waals surface area contributed by atoms with Gasteiger partial charge in [0.05, 0.1) is 19.1 Å². The van der Waals surface area contributed by atoms with E-state index in [4.69, 9.17) is 13.6 Å². The van der Waals surface area contributed by atoms with Gasteiger partial charge in [0.2, 0.25) is 0 Å². The lowest BCUT2D eigenvalue weighted by molar-refractivity contribution is -0.156. The molecule has 0 atom stereocenters. The first-order valence-electron chi connectivity index (χ1n) is 6.89. The predicted molar refractivity (Wildman–Crippen MR) is 83.3 cm³/mol. The third kappa shape index (κ3) is 11.4. The third-order valence-electron chi connectivity index (χ3n) is 2.16. The molecule has 0 bridgehead atoms. The molecular weight excluding hydrogens is 276 g/mol. The second kappa shape index (κ2) is 7.56. The van der Waals surface area contributed by atoms with Gasteiger partial charge in [-0.05, 0) is 39.3 Å². The van der Waals surface area contributed by atoms with E-state index >= 15 is 0 Å². The first-order chi connectivity index (χ1) is 8.41. The molecule has 0 fully saturated rings. The zero-order valence-corrected chi connectivity index (χ0v) is 15.7. The van der Waals surface area contributed by atoms with Crippen molar-refractivity contribution in [3.8, 4) is 0 Å². The highest BCUT2D eigenvalue weighted by Gasteiger charge is 2.24. The molecule has 0 aliphatic carbocycles. The first kappa shape index (κ1) is 18.8. The number of ether oxygens (including phenoxy) is 1. The maximum atomic E-state index is 11.7. The Morgan fingerprint density at radius 3 is 1.53 bits per heavy atom. The molecule has 0 rings (SSSR count). The number of carbonyl (C=O) groups excluding carboxylic acids is 1. The summed E-state index contributed by atoms with van der Waals surface area (Å²) in [6.07, 6.45) is -0.298. The van der Waals surface area contributed by atoms with E-state index in [0.29, 0.717) is 13.2 Å². The van der Waals surface area contributed by atoms with Crippen LogP contribution in [-0.2, 0) is 18.4 Å². The molecule has 0 amide bonds. The molecule has 114 valence electrons. The molecule has 0 aromatic rings. The van der Waals surface area contributed by atoms with Gasteiger partial charge in [0.15, 0.2) is 16.6 Å². The second-order valence-corrected chi connectivity index (χ2v) is 16.1. The van der Waals surface area contributed by atoms with Crippen molar-refractivity contribution in [2.45, 2.75) is 59.2 Å². The van der Waals surface area contributed by atoms with E-state index in [-0.39, 0.29) is 18.0 Å². The Labute approximate surface area is 120 Å². The quantitative estimate of drug-likeness (QED) is 0.510. The van der Waals surface area contributed by atoms with E-state index in [2.05, 4.69) is 39.3 Å². The largest absolute Gasteiger partial charge is 0.457 e. The minimum atomic E-state index is -1.61. The molecule has 0 heterocycles. The summed E-state index contributed by atoms with van der Waals surface area (Å²) in [7, 11) is -3.22. The average molecular weight is 307 g/mol. The van der Waals surface area contributed by atoms with Gasteiger partial charge in [-0.2, -0.15) is 0 Å². The normalized spacial score (nSPS) is 13.2. The van der Waals surface area contributed by atoms with E-state index in [1.54, 1.807) is 0 Å². The molecule has 0 aliphatic rings. The molecule has 0 saturated heterocycles. The minimum absolute atomic E-state index is 0.124. The van der Waals surface area contributed by atoms with Crippen molar-refractivity contribution < 1.29 is 18.4 Å². The molecule has 0 unspecified atom stereocenters. The summed E-state index contributed by atoms with van der Waals surface area (Å²) in [6.45, 7) is 17.2. The Balaban J connectivity index is 4.42. The zero-order chi connectivity index (χ0) is 15.3. The summed E-state index contributed by atoms with van der Waals surface area (Å²) in [4.78, 5) is 11.7. The Morgan fingerprint density at radius 2 is 1.26 bits per heavy atom. The van der Waals surface area contributed by atoms with Crippen LogP contribution in [0.15, 0.2) is 0 Å². The SMILES string of the molecule is CC(C)C(=O)OC(CO[Si](C)(C)C)CO[Si](C)(C)C. The van der Waals surface area contributed by atoms with Gasteiger partial charge in [0, 0.05) is 0 Å². The molecule has 0 aliphatic heterocycles. The fourth-order valence-electron chi connectivity index (χ4n) is 1.10. The summed E-state index contributed by atoms with van der Waals surface area (Å²) in [5, 5.41) is 0. The van der Waals surface area contributed by atoms with Gasteiger partial charge < -0.3 is 13.6 Å². The van der Waals surface area contributed by atoms with Crippen LogP contribution in [0.5, 0.6) is 0 Å². The van der Waals surface area contributed by atoms with E-state index in [0.717, 1.165) is 0 Å². The van der Waals surface area contributed by atoms with Gasteiger partial charge >= 0.3 is 5.97 Å². The summed E-state index contributed by atoms with van der Waals surface area (Å²) >= 11 is 0. The van der Waals surface area contributed by atoms with E-state index in [9.17, 15) is 4.79 Å². The van der Waals surface area contributed by atoms with Gasteiger partial charge in [0.1, 0.15) is 6.10 Å².